The Kier molecular flexibility index (Phi) is 3.38. The Morgan fingerprint density at radius 2 is 1.53 bits per heavy atom. The molecule has 0 bridgehead atoms. The highest BCUT2D eigenvalue weighted by atomic mass is 127. The van der Waals surface area contributed by atoms with E-state index in [1.54, 1.807) is 26.8 Å². The van der Waals surface area contributed by atoms with Crippen molar-refractivity contribution in [2.75, 3.05) is 0 Å². The lowest BCUT2D eigenvalue weighted by molar-refractivity contribution is -0.138. The lowest BCUT2D eigenvalue weighted by Gasteiger charge is -2.24. The maximum Gasteiger partial charge on any atom is 0.416 e. The third kappa shape index (κ3) is 3.09. The van der Waals surface area contributed by atoms with Crippen LogP contribution in [-0.2, 0) is 11.6 Å². The average molecular weight is 328 g/mol. The Bertz CT molecular complexity index is 361. The van der Waals surface area contributed by atoms with Crippen LogP contribution in [0.1, 0.15) is 31.9 Å². The summed E-state index contributed by atoms with van der Waals surface area (Å²) in [6.07, 6.45) is -4.27. The molecule has 0 atom stereocenters. The molecule has 0 aliphatic rings. The number of hydrogen-bond acceptors (Lipinski definition) is 0. The second-order valence-electron chi connectivity index (χ2n) is 4.44. The smallest absolute Gasteiger partial charge is 0.166 e. The SMILES string of the molecule is CC(C)(C)c1cc(I)ccc1C(F)(F)F. The molecule has 1 aromatic rings. The Morgan fingerprint density at radius 3 is 1.93 bits per heavy atom. The van der Waals surface area contributed by atoms with E-state index in [0.29, 0.717) is 5.56 Å². The molecule has 84 valence electrons. The quantitative estimate of drug-likeness (QED) is 0.610. The van der Waals surface area contributed by atoms with Gasteiger partial charge in [-0.3, -0.25) is 0 Å². The highest BCUT2D eigenvalue weighted by Crippen LogP contribution is 2.37. The van der Waals surface area contributed by atoms with Crippen LogP contribution in [-0.4, -0.2) is 0 Å². The molecular weight excluding hydrogens is 316 g/mol. The van der Waals surface area contributed by atoms with Gasteiger partial charge in [-0.05, 0) is 51.8 Å². The predicted molar refractivity (Wildman–Crippen MR) is 62.9 cm³/mol. The first-order valence-electron chi connectivity index (χ1n) is 4.49. The Balaban J connectivity index is 3.41. The Morgan fingerprint density at radius 1 is 1.00 bits per heavy atom. The number of rotatable bonds is 0. The second kappa shape index (κ2) is 3.96. The van der Waals surface area contributed by atoms with Gasteiger partial charge in [0.2, 0.25) is 0 Å². The molecule has 0 nitrogen and oxygen atoms in total. The van der Waals surface area contributed by atoms with Gasteiger partial charge in [0.25, 0.3) is 0 Å². The van der Waals surface area contributed by atoms with Crippen molar-refractivity contribution < 1.29 is 13.2 Å². The van der Waals surface area contributed by atoms with E-state index in [1.165, 1.54) is 6.07 Å². The van der Waals surface area contributed by atoms with Crippen molar-refractivity contribution in [3.05, 3.63) is 32.9 Å². The van der Waals surface area contributed by atoms with Gasteiger partial charge in [0.15, 0.2) is 0 Å². The van der Waals surface area contributed by atoms with Crippen LogP contribution < -0.4 is 0 Å². The number of halogens is 4. The molecule has 15 heavy (non-hydrogen) atoms. The summed E-state index contributed by atoms with van der Waals surface area (Å²) >= 11 is 2.02. The van der Waals surface area contributed by atoms with Gasteiger partial charge < -0.3 is 0 Å². The van der Waals surface area contributed by atoms with E-state index in [9.17, 15) is 13.2 Å². The molecule has 0 amide bonds. The van der Waals surface area contributed by atoms with Crippen molar-refractivity contribution in [2.45, 2.75) is 32.4 Å². The van der Waals surface area contributed by atoms with E-state index in [2.05, 4.69) is 0 Å². The summed E-state index contributed by atoms with van der Waals surface area (Å²) < 4.78 is 38.9. The summed E-state index contributed by atoms with van der Waals surface area (Å²) in [5, 5.41) is 0. The van der Waals surface area contributed by atoms with Crippen LogP contribution in [0, 0.1) is 3.57 Å². The van der Waals surface area contributed by atoms with Gasteiger partial charge in [-0.25, -0.2) is 0 Å². The zero-order valence-corrected chi connectivity index (χ0v) is 10.9. The first-order chi connectivity index (χ1) is 6.62. The molecule has 0 spiro atoms. The first-order valence-corrected chi connectivity index (χ1v) is 5.57. The van der Waals surface area contributed by atoms with Crippen LogP contribution in [0.15, 0.2) is 18.2 Å². The minimum absolute atomic E-state index is 0.349. The number of alkyl halides is 3. The molecule has 0 heterocycles. The average Bonchev–Trinajstić information content (AvgIpc) is 2.00. The van der Waals surface area contributed by atoms with Crippen molar-refractivity contribution in [3.63, 3.8) is 0 Å². The van der Waals surface area contributed by atoms with Gasteiger partial charge in [0.05, 0.1) is 5.56 Å². The lowest BCUT2D eigenvalue weighted by atomic mass is 9.83. The summed E-state index contributed by atoms with van der Waals surface area (Å²) in [6.45, 7) is 5.36. The third-order valence-corrected chi connectivity index (χ3v) is 2.77. The van der Waals surface area contributed by atoms with Crippen LogP contribution in [0.25, 0.3) is 0 Å². The molecule has 0 saturated carbocycles. The standard InChI is InChI=1S/C11H12F3I/c1-10(2,3)9-6-7(15)4-5-8(9)11(12,13)14/h4-6H,1-3H3. The van der Waals surface area contributed by atoms with E-state index in [1.807, 2.05) is 22.6 Å². The summed E-state index contributed by atoms with van der Waals surface area (Å²) in [7, 11) is 0. The van der Waals surface area contributed by atoms with Crippen LogP contribution in [0.5, 0.6) is 0 Å². The van der Waals surface area contributed by atoms with Crippen LogP contribution in [0.4, 0.5) is 13.2 Å². The minimum atomic E-state index is -4.27. The maximum atomic E-state index is 12.7. The molecule has 4 heteroatoms. The molecule has 0 unspecified atom stereocenters. The van der Waals surface area contributed by atoms with Gasteiger partial charge in [-0.15, -0.1) is 0 Å². The van der Waals surface area contributed by atoms with Crippen LogP contribution >= 0.6 is 22.6 Å². The second-order valence-corrected chi connectivity index (χ2v) is 5.68. The molecule has 0 N–H and O–H groups in total. The molecule has 0 fully saturated rings. The molecule has 1 rings (SSSR count). The van der Waals surface area contributed by atoms with E-state index in [0.717, 1.165) is 9.64 Å². The summed E-state index contributed by atoms with van der Waals surface area (Å²) in [6, 6.07) is 4.24. The molecule has 1 aromatic carbocycles. The minimum Gasteiger partial charge on any atom is -0.166 e. The van der Waals surface area contributed by atoms with Gasteiger partial charge in [-0.2, -0.15) is 13.2 Å². The molecule has 0 saturated heterocycles. The lowest BCUT2D eigenvalue weighted by Crippen LogP contribution is -2.19. The van der Waals surface area contributed by atoms with E-state index in [4.69, 9.17) is 0 Å². The predicted octanol–water partition coefficient (Wildman–Crippen LogP) is 4.61. The van der Waals surface area contributed by atoms with E-state index in [-0.39, 0.29) is 0 Å². The van der Waals surface area contributed by atoms with E-state index < -0.39 is 17.2 Å². The fourth-order valence-corrected chi connectivity index (χ4v) is 1.88. The molecule has 0 aliphatic carbocycles. The molecule has 0 radical (unpaired) electrons. The zero-order valence-electron chi connectivity index (χ0n) is 8.74. The Labute approximate surface area is 101 Å². The van der Waals surface area contributed by atoms with Gasteiger partial charge in [0.1, 0.15) is 0 Å². The van der Waals surface area contributed by atoms with Crippen LogP contribution in [0.2, 0.25) is 0 Å². The summed E-state index contributed by atoms with van der Waals surface area (Å²) in [5.74, 6) is 0. The fraction of sp³-hybridized carbons (Fsp3) is 0.455. The normalized spacial score (nSPS) is 13.0. The monoisotopic (exact) mass is 328 g/mol. The van der Waals surface area contributed by atoms with Crippen molar-refractivity contribution in [3.8, 4) is 0 Å². The largest absolute Gasteiger partial charge is 0.416 e. The molecular formula is C11H12F3I. The first kappa shape index (κ1) is 12.8. The summed E-state index contributed by atoms with van der Waals surface area (Å²) in [4.78, 5) is 0. The summed E-state index contributed by atoms with van der Waals surface area (Å²) in [5.41, 5.74) is -0.677. The topological polar surface area (TPSA) is 0 Å². The van der Waals surface area contributed by atoms with Crippen LogP contribution in [0.3, 0.4) is 0 Å². The highest BCUT2D eigenvalue weighted by Gasteiger charge is 2.36. The van der Waals surface area contributed by atoms with Gasteiger partial charge in [0, 0.05) is 3.57 Å². The zero-order chi connectivity index (χ0) is 11.9. The van der Waals surface area contributed by atoms with Crippen molar-refractivity contribution >= 4 is 22.6 Å². The van der Waals surface area contributed by atoms with Crippen molar-refractivity contribution in [1.82, 2.24) is 0 Å². The van der Waals surface area contributed by atoms with Crippen molar-refractivity contribution in [1.29, 1.82) is 0 Å². The number of hydrogen-bond donors (Lipinski definition) is 0. The highest BCUT2D eigenvalue weighted by molar-refractivity contribution is 14.1. The maximum absolute atomic E-state index is 12.7. The van der Waals surface area contributed by atoms with Crippen molar-refractivity contribution in [2.24, 2.45) is 0 Å². The fourth-order valence-electron chi connectivity index (χ4n) is 1.38. The number of benzene rings is 1. The Hall–Kier alpha value is -0.260. The van der Waals surface area contributed by atoms with Gasteiger partial charge in [-0.1, -0.05) is 20.8 Å². The molecule has 0 aliphatic heterocycles. The van der Waals surface area contributed by atoms with Gasteiger partial charge >= 0.3 is 6.18 Å². The third-order valence-electron chi connectivity index (χ3n) is 2.10. The van der Waals surface area contributed by atoms with E-state index >= 15 is 0 Å². The molecule has 0 aromatic heterocycles.